The number of hydrogen-bond acceptors (Lipinski definition) is 0. The molecule has 1 aromatic heterocycles. The Kier molecular flexibility index (Phi) is 8.64. The van der Waals surface area contributed by atoms with Crippen LogP contribution in [0.25, 0.3) is 105 Å². The SMILES string of the molecule is c1ccc(-c2ccc(-c3ccc(-c4ccc5c(c4)c4cc(-c6ccc(-c7ccc(-c8ccccc8)cc7)cc6)ccc4n5-c4ccc5c(c4)Cc4ccccc4-5)cc3)cc2)cc1. The molecule has 0 saturated carbocycles. The van der Waals surface area contributed by atoms with E-state index >= 15 is 0 Å². The van der Waals surface area contributed by atoms with Gasteiger partial charge in [-0.25, -0.2) is 0 Å². The Labute approximate surface area is 362 Å². The van der Waals surface area contributed by atoms with E-state index in [4.69, 9.17) is 0 Å². The minimum atomic E-state index is 0.963. The van der Waals surface area contributed by atoms with Gasteiger partial charge < -0.3 is 4.57 Å². The fourth-order valence-corrected chi connectivity index (χ4v) is 9.61. The van der Waals surface area contributed by atoms with Crippen molar-refractivity contribution in [1.29, 1.82) is 0 Å². The Morgan fingerprint density at radius 1 is 0.242 bits per heavy atom. The second kappa shape index (κ2) is 14.9. The molecule has 0 atom stereocenters. The van der Waals surface area contributed by atoms with Crippen LogP contribution in [0, 0.1) is 0 Å². The van der Waals surface area contributed by atoms with Crippen LogP contribution in [0.4, 0.5) is 0 Å². The second-order valence-corrected chi connectivity index (χ2v) is 16.5. The number of aromatic nitrogens is 1. The number of benzene rings is 10. The molecule has 0 fully saturated rings. The van der Waals surface area contributed by atoms with Crippen molar-refractivity contribution in [2.24, 2.45) is 0 Å². The third kappa shape index (κ3) is 6.35. The molecule has 0 unspecified atom stereocenters. The first kappa shape index (κ1) is 35.9. The van der Waals surface area contributed by atoms with Gasteiger partial charge in [0.25, 0.3) is 0 Å². The summed E-state index contributed by atoms with van der Waals surface area (Å²) in [4.78, 5) is 0. The van der Waals surface area contributed by atoms with Crippen LogP contribution < -0.4 is 0 Å². The van der Waals surface area contributed by atoms with Gasteiger partial charge in [0.2, 0.25) is 0 Å². The van der Waals surface area contributed by atoms with E-state index < -0.39 is 0 Å². The van der Waals surface area contributed by atoms with Gasteiger partial charge in [0.15, 0.2) is 0 Å². The first-order chi connectivity index (χ1) is 30.7. The molecule has 12 rings (SSSR count). The molecule has 62 heavy (non-hydrogen) atoms. The minimum absolute atomic E-state index is 0.963. The molecular weight excluding hydrogens is 747 g/mol. The van der Waals surface area contributed by atoms with E-state index in [-0.39, 0.29) is 0 Å². The van der Waals surface area contributed by atoms with E-state index in [0.29, 0.717) is 0 Å². The van der Waals surface area contributed by atoms with Gasteiger partial charge in [-0.15, -0.1) is 0 Å². The maximum Gasteiger partial charge on any atom is 0.0541 e. The maximum absolute atomic E-state index is 2.46. The van der Waals surface area contributed by atoms with E-state index in [1.165, 1.54) is 117 Å². The monoisotopic (exact) mass is 787 g/mol. The van der Waals surface area contributed by atoms with Crippen LogP contribution in [0.1, 0.15) is 11.1 Å². The van der Waals surface area contributed by atoms with Gasteiger partial charge in [0.1, 0.15) is 0 Å². The molecular formula is C61H41N. The molecule has 290 valence electrons. The number of nitrogens with zero attached hydrogens (tertiary/aromatic N) is 1. The van der Waals surface area contributed by atoms with Crippen LogP contribution in [0.3, 0.4) is 0 Å². The average Bonchev–Trinajstić information content (AvgIpc) is 3.89. The second-order valence-electron chi connectivity index (χ2n) is 16.5. The van der Waals surface area contributed by atoms with E-state index in [2.05, 4.69) is 241 Å². The summed E-state index contributed by atoms with van der Waals surface area (Å²) < 4.78 is 2.46. The molecule has 0 amide bonds. The van der Waals surface area contributed by atoms with Gasteiger partial charge in [-0.3, -0.25) is 0 Å². The molecule has 0 saturated heterocycles. The van der Waals surface area contributed by atoms with Crippen molar-refractivity contribution in [1.82, 2.24) is 4.57 Å². The third-order valence-electron chi connectivity index (χ3n) is 12.9. The van der Waals surface area contributed by atoms with Crippen LogP contribution >= 0.6 is 0 Å². The first-order valence-corrected chi connectivity index (χ1v) is 21.5. The van der Waals surface area contributed by atoms with Crippen molar-refractivity contribution < 1.29 is 0 Å². The lowest BCUT2D eigenvalue weighted by Gasteiger charge is -2.11. The summed E-state index contributed by atoms with van der Waals surface area (Å²) in [7, 11) is 0. The van der Waals surface area contributed by atoms with Crippen LogP contribution in [0.15, 0.2) is 237 Å². The van der Waals surface area contributed by atoms with Gasteiger partial charge >= 0.3 is 0 Å². The fraction of sp³-hybridized carbons (Fsp3) is 0.0164. The Bertz CT molecular complexity index is 3230. The summed E-state index contributed by atoms with van der Waals surface area (Å²) in [5.41, 5.74) is 23.7. The van der Waals surface area contributed by atoms with Crippen molar-refractivity contribution in [3.05, 3.63) is 248 Å². The van der Waals surface area contributed by atoms with Gasteiger partial charge in [-0.2, -0.15) is 0 Å². The molecule has 11 aromatic rings. The lowest BCUT2D eigenvalue weighted by molar-refractivity contribution is 1.16. The van der Waals surface area contributed by atoms with E-state index in [1.807, 2.05) is 0 Å². The Hall–Kier alpha value is -8.00. The Balaban J connectivity index is 0.915. The van der Waals surface area contributed by atoms with Crippen LogP contribution in [-0.4, -0.2) is 4.57 Å². The summed E-state index contributed by atoms with van der Waals surface area (Å²) >= 11 is 0. The first-order valence-electron chi connectivity index (χ1n) is 21.5. The molecule has 0 bridgehead atoms. The standard InChI is InChI=1S/C61H41N/c1-3-9-41(10-4-1)43-15-19-45(20-16-43)47-23-27-49(28-24-47)51-31-35-60-58(39-51)59-40-52(50-29-25-48(26-30-50)46-21-17-44(18-22-46)42-11-5-2-6-12-42)32-36-61(59)62(60)55-33-34-57-54(38-55)37-53-13-7-8-14-56(53)57/h1-36,38-40H,37H2. The molecule has 1 heteroatoms. The topological polar surface area (TPSA) is 4.93 Å². The van der Waals surface area contributed by atoms with Crippen molar-refractivity contribution in [3.8, 4) is 83.6 Å². The minimum Gasteiger partial charge on any atom is -0.309 e. The van der Waals surface area contributed by atoms with Crippen LogP contribution in [-0.2, 0) is 6.42 Å². The average molecular weight is 788 g/mol. The van der Waals surface area contributed by atoms with Gasteiger partial charge in [-0.1, -0.05) is 200 Å². The molecule has 1 aliphatic rings. The Morgan fingerprint density at radius 3 is 1.02 bits per heavy atom. The predicted molar refractivity (Wildman–Crippen MR) is 262 cm³/mol. The van der Waals surface area contributed by atoms with Gasteiger partial charge in [0.05, 0.1) is 11.0 Å². The third-order valence-corrected chi connectivity index (χ3v) is 12.9. The van der Waals surface area contributed by atoms with Crippen LogP contribution in [0.2, 0.25) is 0 Å². The van der Waals surface area contributed by atoms with E-state index in [1.54, 1.807) is 0 Å². The largest absolute Gasteiger partial charge is 0.309 e. The van der Waals surface area contributed by atoms with Gasteiger partial charge in [0, 0.05) is 16.5 Å². The zero-order valence-electron chi connectivity index (χ0n) is 34.2. The molecule has 0 spiro atoms. The van der Waals surface area contributed by atoms with Gasteiger partial charge in [-0.05, 0) is 132 Å². The lowest BCUT2D eigenvalue weighted by atomic mass is 9.96. The van der Waals surface area contributed by atoms with E-state index in [0.717, 1.165) is 6.42 Å². The summed E-state index contributed by atoms with van der Waals surface area (Å²) in [6, 6.07) is 86.8. The smallest absolute Gasteiger partial charge is 0.0541 e. The highest BCUT2D eigenvalue weighted by Crippen LogP contribution is 2.41. The molecule has 0 radical (unpaired) electrons. The molecule has 1 nitrogen and oxygen atoms in total. The fourth-order valence-electron chi connectivity index (χ4n) is 9.61. The highest BCUT2D eigenvalue weighted by Gasteiger charge is 2.21. The van der Waals surface area contributed by atoms with Crippen molar-refractivity contribution in [3.63, 3.8) is 0 Å². The van der Waals surface area contributed by atoms with Crippen molar-refractivity contribution in [2.75, 3.05) is 0 Å². The van der Waals surface area contributed by atoms with Crippen molar-refractivity contribution in [2.45, 2.75) is 6.42 Å². The number of hydrogen-bond donors (Lipinski definition) is 0. The lowest BCUT2D eigenvalue weighted by Crippen LogP contribution is -1.95. The Morgan fingerprint density at radius 2 is 0.581 bits per heavy atom. The number of fused-ring (bicyclic) bond motifs is 6. The molecule has 1 aliphatic carbocycles. The maximum atomic E-state index is 2.46. The molecule has 0 N–H and O–H groups in total. The molecule has 0 aliphatic heterocycles. The molecule has 1 heterocycles. The zero-order valence-corrected chi connectivity index (χ0v) is 34.2. The summed E-state index contributed by atoms with van der Waals surface area (Å²) in [5, 5.41) is 2.50. The van der Waals surface area contributed by atoms with Crippen LogP contribution in [0.5, 0.6) is 0 Å². The van der Waals surface area contributed by atoms with E-state index in [9.17, 15) is 0 Å². The number of rotatable bonds is 7. The summed E-state index contributed by atoms with van der Waals surface area (Å²) in [6.07, 6.45) is 0.963. The predicted octanol–water partition coefficient (Wildman–Crippen LogP) is 16.4. The van der Waals surface area contributed by atoms with Crippen molar-refractivity contribution >= 4 is 21.8 Å². The summed E-state index contributed by atoms with van der Waals surface area (Å²) in [5.74, 6) is 0. The summed E-state index contributed by atoms with van der Waals surface area (Å²) in [6.45, 7) is 0. The normalized spacial score (nSPS) is 11.8. The highest BCUT2D eigenvalue weighted by atomic mass is 15.0. The highest BCUT2D eigenvalue weighted by molar-refractivity contribution is 6.11. The molecule has 10 aromatic carbocycles. The quantitative estimate of drug-likeness (QED) is 0.152. The zero-order chi connectivity index (χ0) is 41.0.